The number of phenolic OH excluding ortho intramolecular Hbond substituents is 1. The Balaban J connectivity index is 2.01. The molecule has 3 rings (SSSR count). The van der Waals surface area contributed by atoms with E-state index in [2.05, 4.69) is 0 Å². The number of carbonyl (C=O) groups excluding carboxylic acids is 1. The molecule has 0 fully saturated rings. The predicted octanol–water partition coefficient (Wildman–Crippen LogP) is 3.07. The van der Waals surface area contributed by atoms with Crippen molar-refractivity contribution in [3.63, 3.8) is 0 Å². The van der Waals surface area contributed by atoms with E-state index in [1.54, 1.807) is 36.4 Å². The van der Waals surface area contributed by atoms with Gasteiger partial charge >= 0.3 is 0 Å². The minimum atomic E-state index is -0.0753. The van der Waals surface area contributed by atoms with E-state index in [1.807, 2.05) is 6.07 Å². The number of phenols is 1. The van der Waals surface area contributed by atoms with Gasteiger partial charge in [0.1, 0.15) is 12.4 Å². The van der Waals surface area contributed by atoms with Gasteiger partial charge in [0.25, 0.3) is 0 Å². The monoisotopic (exact) mass is 312 g/mol. The summed E-state index contributed by atoms with van der Waals surface area (Å²) in [6.45, 7) is 0.196. The van der Waals surface area contributed by atoms with Crippen LogP contribution in [0.25, 0.3) is 6.08 Å². The zero-order valence-electron chi connectivity index (χ0n) is 12.8. The van der Waals surface area contributed by atoms with Gasteiger partial charge in [-0.1, -0.05) is 12.1 Å². The van der Waals surface area contributed by atoms with Gasteiger partial charge in [-0.2, -0.15) is 0 Å². The quantitative estimate of drug-likeness (QED) is 0.882. The second-order valence-electron chi connectivity index (χ2n) is 5.06. The van der Waals surface area contributed by atoms with Crippen molar-refractivity contribution in [3.05, 3.63) is 53.1 Å². The first-order chi connectivity index (χ1) is 11.1. The van der Waals surface area contributed by atoms with Gasteiger partial charge in [0, 0.05) is 5.57 Å². The van der Waals surface area contributed by atoms with Crippen LogP contribution in [0.1, 0.15) is 15.9 Å². The smallest absolute Gasteiger partial charge is 0.200 e. The van der Waals surface area contributed by atoms with Crippen LogP contribution in [0, 0.1) is 0 Å². The Morgan fingerprint density at radius 1 is 1.13 bits per heavy atom. The van der Waals surface area contributed by atoms with Crippen LogP contribution < -0.4 is 14.2 Å². The molecule has 118 valence electrons. The Hall–Kier alpha value is -2.95. The molecule has 23 heavy (non-hydrogen) atoms. The number of fused-ring (bicyclic) bond motifs is 1. The van der Waals surface area contributed by atoms with Gasteiger partial charge in [-0.15, -0.1) is 0 Å². The minimum absolute atomic E-state index is 0.0714. The topological polar surface area (TPSA) is 65.0 Å². The third-order valence-corrected chi connectivity index (χ3v) is 3.65. The maximum absolute atomic E-state index is 12.5. The van der Waals surface area contributed by atoms with Crippen LogP contribution in [0.5, 0.6) is 23.0 Å². The summed E-state index contributed by atoms with van der Waals surface area (Å²) < 4.78 is 15.9. The first kappa shape index (κ1) is 15.0. The number of rotatable bonds is 3. The van der Waals surface area contributed by atoms with E-state index >= 15 is 0 Å². The summed E-state index contributed by atoms with van der Waals surface area (Å²) in [4.78, 5) is 12.5. The lowest BCUT2D eigenvalue weighted by Gasteiger charge is -2.18. The standard InChI is InChI=1S/C18H16O5/c1-21-15-8-11(9-16(22-2)18(15)20)7-12-10-23-14-6-4-3-5-13(14)17(12)19/h3-9,20H,10H2,1-2H3/b12-7+. The van der Waals surface area contributed by atoms with Crippen molar-refractivity contribution < 1.29 is 24.1 Å². The molecule has 0 radical (unpaired) electrons. The molecule has 0 saturated carbocycles. The highest BCUT2D eigenvalue weighted by Gasteiger charge is 2.23. The zero-order valence-corrected chi connectivity index (χ0v) is 12.8. The van der Waals surface area contributed by atoms with Crippen LogP contribution in [0.2, 0.25) is 0 Å². The number of aromatic hydroxyl groups is 1. The van der Waals surface area contributed by atoms with E-state index in [4.69, 9.17) is 14.2 Å². The first-order valence-electron chi connectivity index (χ1n) is 7.06. The maximum atomic E-state index is 12.5. The van der Waals surface area contributed by atoms with Crippen molar-refractivity contribution in [2.24, 2.45) is 0 Å². The van der Waals surface area contributed by atoms with Gasteiger partial charge in [0.2, 0.25) is 5.75 Å². The van der Waals surface area contributed by atoms with E-state index in [9.17, 15) is 9.90 Å². The molecule has 2 aromatic rings. The Morgan fingerprint density at radius 3 is 2.43 bits per heavy atom. The molecule has 0 bridgehead atoms. The van der Waals surface area contributed by atoms with Crippen LogP contribution in [0.3, 0.4) is 0 Å². The van der Waals surface area contributed by atoms with Crippen LogP contribution >= 0.6 is 0 Å². The van der Waals surface area contributed by atoms with E-state index in [1.165, 1.54) is 14.2 Å². The number of methoxy groups -OCH3 is 2. The van der Waals surface area contributed by atoms with Crippen molar-refractivity contribution in [2.45, 2.75) is 0 Å². The van der Waals surface area contributed by atoms with Crippen molar-refractivity contribution in [2.75, 3.05) is 20.8 Å². The summed E-state index contributed by atoms with van der Waals surface area (Å²) in [5.41, 5.74) is 1.75. The van der Waals surface area contributed by atoms with Crippen LogP contribution in [0.15, 0.2) is 42.0 Å². The molecular weight excluding hydrogens is 296 g/mol. The molecular formula is C18H16O5. The third kappa shape index (κ3) is 2.73. The van der Waals surface area contributed by atoms with Crippen LogP contribution in [0.4, 0.5) is 0 Å². The Kier molecular flexibility index (Phi) is 3.93. The Labute approximate surface area is 133 Å². The largest absolute Gasteiger partial charge is 0.502 e. The highest BCUT2D eigenvalue weighted by Crippen LogP contribution is 2.38. The summed E-state index contributed by atoms with van der Waals surface area (Å²) in [7, 11) is 2.91. The molecule has 0 aliphatic carbocycles. The lowest BCUT2D eigenvalue weighted by molar-refractivity contribution is 0.100. The normalized spacial score (nSPS) is 15.0. The van der Waals surface area contributed by atoms with Crippen molar-refractivity contribution in [1.29, 1.82) is 0 Å². The molecule has 0 saturated heterocycles. The summed E-state index contributed by atoms with van der Waals surface area (Å²) in [6, 6.07) is 10.4. The number of hydrogen-bond acceptors (Lipinski definition) is 5. The zero-order chi connectivity index (χ0) is 16.4. The molecule has 1 heterocycles. The molecule has 5 nitrogen and oxygen atoms in total. The number of para-hydroxylation sites is 1. The number of ketones is 1. The SMILES string of the molecule is COc1cc(/C=C2\COc3ccccc3C2=O)cc(OC)c1O. The van der Waals surface area contributed by atoms with Gasteiger partial charge in [0.05, 0.1) is 19.8 Å². The minimum Gasteiger partial charge on any atom is -0.502 e. The lowest BCUT2D eigenvalue weighted by Crippen LogP contribution is -2.18. The highest BCUT2D eigenvalue weighted by atomic mass is 16.5. The third-order valence-electron chi connectivity index (χ3n) is 3.65. The average molecular weight is 312 g/mol. The molecule has 1 N–H and O–H groups in total. The second-order valence-corrected chi connectivity index (χ2v) is 5.06. The molecule has 1 aliphatic rings. The molecule has 2 aromatic carbocycles. The molecule has 1 aliphatic heterocycles. The Morgan fingerprint density at radius 2 is 1.78 bits per heavy atom. The number of carbonyl (C=O) groups is 1. The van der Waals surface area contributed by atoms with Gasteiger partial charge in [-0.05, 0) is 35.9 Å². The van der Waals surface area contributed by atoms with Gasteiger partial charge in [-0.25, -0.2) is 0 Å². The average Bonchev–Trinajstić information content (AvgIpc) is 2.59. The van der Waals surface area contributed by atoms with E-state index in [-0.39, 0.29) is 29.6 Å². The fraction of sp³-hybridized carbons (Fsp3) is 0.167. The van der Waals surface area contributed by atoms with Crippen LogP contribution in [-0.2, 0) is 0 Å². The van der Waals surface area contributed by atoms with Crippen molar-refractivity contribution in [3.8, 4) is 23.0 Å². The van der Waals surface area contributed by atoms with E-state index < -0.39 is 0 Å². The highest BCUT2D eigenvalue weighted by molar-refractivity contribution is 6.14. The van der Waals surface area contributed by atoms with Crippen molar-refractivity contribution >= 4 is 11.9 Å². The molecule has 0 amide bonds. The predicted molar refractivity (Wildman–Crippen MR) is 85.5 cm³/mol. The first-order valence-corrected chi connectivity index (χ1v) is 7.06. The number of hydrogen-bond donors (Lipinski definition) is 1. The number of Topliss-reactive ketones (excluding diaryl/α,β-unsaturated/α-hetero) is 1. The fourth-order valence-corrected chi connectivity index (χ4v) is 2.48. The summed E-state index contributed by atoms with van der Waals surface area (Å²) in [6.07, 6.45) is 1.71. The van der Waals surface area contributed by atoms with E-state index in [0.717, 1.165) is 0 Å². The number of benzene rings is 2. The van der Waals surface area contributed by atoms with Gasteiger partial charge in [0.15, 0.2) is 17.3 Å². The molecule has 5 heteroatoms. The Bertz CT molecular complexity index is 767. The molecule has 0 unspecified atom stereocenters. The summed E-state index contributed by atoms with van der Waals surface area (Å²) in [5.74, 6) is 1.00. The summed E-state index contributed by atoms with van der Waals surface area (Å²) in [5, 5.41) is 9.94. The molecule has 0 aromatic heterocycles. The lowest BCUT2D eigenvalue weighted by atomic mass is 9.98. The maximum Gasteiger partial charge on any atom is 0.200 e. The van der Waals surface area contributed by atoms with Gasteiger partial charge in [-0.3, -0.25) is 4.79 Å². The summed E-state index contributed by atoms with van der Waals surface area (Å²) >= 11 is 0. The van der Waals surface area contributed by atoms with Gasteiger partial charge < -0.3 is 19.3 Å². The molecule has 0 atom stereocenters. The van der Waals surface area contributed by atoms with Crippen LogP contribution in [-0.4, -0.2) is 31.7 Å². The van der Waals surface area contributed by atoms with E-state index in [0.29, 0.717) is 22.4 Å². The second kappa shape index (κ2) is 6.04. The fourth-order valence-electron chi connectivity index (χ4n) is 2.48. The molecule has 0 spiro atoms. The number of ether oxygens (including phenoxy) is 3. The van der Waals surface area contributed by atoms with Crippen molar-refractivity contribution in [1.82, 2.24) is 0 Å².